The van der Waals surface area contributed by atoms with E-state index in [2.05, 4.69) is 10.5 Å². The van der Waals surface area contributed by atoms with Crippen LogP contribution in [0.3, 0.4) is 0 Å². The van der Waals surface area contributed by atoms with Gasteiger partial charge in [-0.1, -0.05) is 35.9 Å². The molecule has 120 valence electrons. The lowest BCUT2D eigenvalue weighted by Crippen LogP contribution is -2.16. The van der Waals surface area contributed by atoms with Gasteiger partial charge in [-0.3, -0.25) is 14.9 Å². The molecule has 2 aromatic carbocycles. The van der Waals surface area contributed by atoms with Crippen LogP contribution >= 0.6 is 11.6 Å². The molecular weight excluding hydrogens is 334 g/mol. The molecule has 7 nitrogen and oxygen atoms in total. The van der Waals surface area contributed by atoms with Gasteiger partial charge in [-0.05, 0) is 18.2 Å². The number of nitrogens with one attached hydrogen (secondary N) is 1. The van der Waals surface area contributed by atoms with Crippen molar-refractivity contribution in [2.75, 3.05) is 0 Å². The number of fused-ring (bicyclic) bond motifs is 1. The van der Waals surface area contributed by atoms with Gasteiger partial charge in [0.25, 0.3) is 5.69 Å². The van der Waals surface area contributed by atoms with Gasteiger partial charge in [-0.2, -0.15) is 5.10 Å². The van der Waals surface area contributed by atoms with Crippen LogP contribution in [0.2, 0.25) is 5.02 Å². The smallest absolute Gasteiger partial charge is 0.307 e. The number of furan rings is 1. The number of nitro benzene ring substituents is 1. The van der Waals surface area contributed by atoms with Crippen LogP contribution in [-0.4, -0.2) is 17.0 Å². The van der Waals surface area contributed by atoms with Gasteiger partial charge in [0.1, 0.15) is 10.6 Å². The molecule has 0 saturated carbocycles. The van der Waals surface area contributed by atoms with Gasteiger partial charge in [0.15, 0.2) is 5.76 Å². The fourth-order valence-electron chi connectivity index (χ4n) is 2.06. The van der Waals surface area contributed by atoms with Crippen LogP contribution < -0.4 is 5.43 Å². The highest BCUT2D eigenvalue weighted by molar-refractivity contribution is 6.32. The van der Waals surface area contributed by atoms with Crippen LogP contribution in [0.15, 0.2) is 58.0 Å². The summed E-state index contributed by atoms with van der Waals surface area (Å²) in [4.78, 5) is 22.2. The Morgan fingerprint density at radius 1 is 1.25 bits per heavy atom. The van der Waals surface area contributed by atoms with Crippen LogP contribution in [-0.2, 0) is 0 Å². The van der Waals surface area contributed by atoms with Gasteiger partial charge in [0.05, 0.1) is 11.1 Å². The van der Waals surface area contributed by atoms with Gasteiger partial charge in [-0.25, -0.2) is 5.43 Å². The van der Waals surface area contributed by atoms with Gasteiger partial charge < -0.3 is 4.42 Å². The van der Waals surface area contributed by atoms with Crippen molar-refractivity contribution in [2.45, 2.75) is 0 Å². The molecule has 0 spiro atoms. The summed E-state index contributed by atoms with van der Waals surface area (Å²) < 4.78 is 5.41. The highest BCUT2D eigenvalue weighted by Crippen LogP contribution is 2.24. The zero-order valence-corrected chi connectivity index (χ0v) is 12.9. The second kappa shape index (κ2) is 6.51. The number of hydrogen-bond acceptors (Lipinski definition) is 5. The maximum Gasteiger partial charge on any atom is 0.307 e. The number of rotatable bonds is 4. The molecule has 0 aliphatic rings. The predicted octanol–water partition coefficient (Wildman–Crippen LogP) is 3.76. The number of benzene rings is 2. The largest absolute Gasteiger partial charge is 0.451 e. The summed E-state index contributed by atoms with van der Waals surface area (Å²) in [6, 6.07) is 13.0. The third-order valence-electron chi connectivity index (χ3n) is 3.20. The van der Waals surface area contributed by atoms with Crippen LogP contribution in [0, 0.1) is 10.1 Å². The summed E-state index contributed by atoms with van der Waals surface area (Å²) in [7, 11) is 0. The van der Waals surface area contributed by atoms with Gasteiger partial charge in [0, 0.05) is 17.0 Å². The molecule has 0 radical (unpaired) electrons. The Labute approximate surface area is 140 Å². The third-order valence-corrected chi connectivity index (χ3v) is 3.52. The minimum Gasteiger partial charge on any atom is -0.451 e. The number of carbonyl (C=O) groups is 1. The Balaban J connectivity index is 1.73. The van der Waals surface area contributed by atoms with E-state index >= 15 is 0 Å². The number of para-hydroxylation sites is 1. The molecule has 0 aliphatic heterocycles. The number of carbonyl (C=O) groups excluding carboxylic acids is 1. The molecule has 1 aromatic heterocycles. The second-order valence-corrected chi connectivity index (χ2v) is 5.22. The molecule has 0 unspecified atom stereocenters. The minimum atomic E-state index is -0.591. The highest BCUT2D eigenvalue weighted by atomic mass is 35.5. The van der Waals surface area contributed by atoms with E-state index in [1.165, 1.54) is 18.3 Å². The number of amides is 1. The molecule has 0 fully saturated rings. The Hall–Kier alpha value is -3.19. The van der Waals surface area contributed by atoms with Crippen molar-refractivity contribution >= 4 is 40.4 Å². The van der Waals surface area contributed by atoms with E-state index in [4.69, 9.17) is 16.0 Å². The van der Waals surface area contributed by atoms with E-state index in [1.807, 2.05) is 12.1 Å². The summed E-state index contributed by atoms with van der Waals surface area (Å²) in [5.74, 6) is -0.402. The average molecular weight is 344 g/mol. The molecule has 0 aliphatic carbocycles. The van der Waals surface area contributed by atoms with E-state index in [-0.39, 0.29) is 16.5 Å². The molecule has 8 heteroatoms. The molecule has 3 aromatic rings. The van der Waals surface area contributed by atoms with Crippen molar-refractivity contribution in [3.63, 3.8) is 0 Å². The first-order valence-corrected chi connectivity index (χ1v) is 7.18. The van der Waals surface area contributed by atoms with Crippen LogP contribution in [0.4, 0.5) is 5.69 Å². The summed E-state index contributed by atoms with van der Waals surface area (Å²) in [5, 5.41) is 15.4. The molecule has 0 bridgehead atoms. The topological polar surface area (TPSA) is 97.7 Å². The Morgan fingerprint density at radius 2 is 2.04 bits per heavy atom. The SMILES string of the molecule is O=C(N/N=C\c1ccc(Cl)c([N+](=O)[O-])c1)c1cc2ccccc2o1. The zero-order chi connectivity index (χ0) is 17.1. The summed E-state index contributed by atoms with van der Waals surface area (Å²) in [5.41, 5.74) is 3.10. The van der Waals surface area contributed by atoms with Crippen molar-refractivity contribution in [3.8, 4) is 0 Å². The summed E-state index contributed by atoms with van der Waals surface area (Å²) in [6.07, 6.45) is 1.28. The quantitative estimate of drug-likeness (QED) is 0.443. The molecule has 0 saturated heterocycles. The lowest BCUT2D eigenvalue weighted by Gasteiger charge is -1.98. The van der Waals surface area contributed by atoms with Gasteiger partial charge in [0.2, 0.25) is 0 Å². The van der Waals surface area contributed by atoms with Gasteiger partial charge >= 0.3 is 5.91 Å². The van der Waals surface area contributed by atoms with E-state index in [1.54, 1.807) is 24.3 Å². The molecule has 1 heterocycles. The molecule has 0 atom stereocenters. The van der Waals surface area contributed by atoms with Crippen LogP contribution in [0.25, 0.3) is 11.0 Å². The first-order valence-electron chi connectivity index (χ1n) is 6.80. The number of nitrogens with zero attached hydrogens (tertiary/aromatic N) is 2. The van der Waals surface area contributed by atoms with Crippen molar-refractivity contribution in [1.29, 1.82) is 0 Å². The Bertz CT molecular complexity index is 932. The molecule has 3 rings (SSSR count). The Morgan fingerprint density at radius 3 is 2.79 bits per heavy atom. The number of nitro groups is 1. The Kier molecular flexibility index (Phi) is 4.26. The van der Waals surface area contributed by atoms with E-state index in [0.717, 1.165) is 5.39 Å². The van der Waals surface area contributed by atoms with E-state index < -0.39 is 10.8 Å². The first-order chi connectivity index (χ1) is 11.5. The summed E-state index contributed by atoms with van der Waals surface area (Å²) >= 11 is 5.73. The van der Waals surface area contributed by atoms with Crippen molar-refractivity contribution < 1.29 is 14.1 Å². The van der Waals surface area contributed by atoms with E-state index in [0.29, 0.717) is 11.1 Å². The van der Waals surface area contributed by atoms with E-state index in [9.17, 15) is 14.9 Å². The lowest BCUT2D eigenvalue weighted by molar-refractivity contribution is -0.384. The molecular formula is C16H10ClN3O4. The first kappa shape index (κ1) is 15.7. The second-order valence-electron chi connectivity index (χ2n) is 4.82. The van der Waals surface area contributed by atoms with Crippen molar-refractivity contribution in [2.24, 2.45) is 5.10 Å². The predicted molar refractivity (Wildman–Crippen MR) is 89.4 cm³/mol. The minimum absolute atomic E-state index is 0.0310. The fourth-order valence-corrected chi connectivity index (χ4v) is 2.25. The average Bonchev–Trinajstić information content (AvgIpc) is 3.00. The standard InChI is InChI=1S/C16H10ClN3O4/c17-12-6-5-10(7-13(12)20(22)23)9-18-19-16(21)15-8-11-3-1-2-4-14(11)24-15/h1-9H,(H,19,21)/b18-9-. The normalized spacial score (nSPS) is 11.0. The van der Waals surface area contributed by atoms with Crippen molar-refractivity contribution in [3.05, 3.63) is 75.0 Å². The molecule has 1 amide bonds. The van der Waals surface area contributed by atoms with Crippen molar-refractivity contribution in [1.82, 2.24) is 5.43 Å². The third kappa shape index (κ3) is 3.26. The van der Waals surface area contributed by atoms with Crippen LogP contribution in [0.5, 0.6) is 0 Å². The maximum absolute atomic E-state index is 12.0. The number of hydrazone groups is 1. The molecule has 24 heavy (non-hydrogen) atoms. The number of hydrogen-bond donors (Lipinski definition) is 1. The van der Waals surface area contributed by atoms with Crippen LogP contribution in [0.1, 0.15) is 16.1 Å². The lowest BCUT2D eigenvalue weighted by atomic mass is 10.2. The highest BCUT2D eigenvalue weighted by Gasteiger charge is 2.13. The fraction of sp³-hybridized carbons (Fsp3) is 0. The monoisotopic (exact) mass is 343 g/mol. The molecule has 1 N–H and O–H groups in total. The maximum atomic E-state index is 12.0. The summed E-state index contributed by atoms with van der Waals surface area (Å²) in [6.45, 7) is 0. The zero-order valence-electron chi connectivity index (χ0n) is 12.1. The number of halogens is 1. The van der Waals surface area contributed by atoms with Gasteiger partial charge in [-0.15, -0.1) is 0 Å².